The molecule has 6 heteroatoms. The monoisotopic (exact) mass is 352 g/mol. The summed E-state index contributed by atoms with van der Waals surface area (Å²) in [6.45, 7) is 1.88. The first-order valence-electron chi connectivity index (χ1n) is 6.13. The number of hydrogen-bond acceptors (Lipinski definition) is 3. The molecule has 0 aliphatic carbocycles. The summed E-state index contributed by atoms with van der Waals surface area (Å²) in [5.74, 6) is -0.211. The minimum atomic E-state index is -0.571. The van der Waals surface area contributed by atoms with Crippen molar-refractivity contribution in [1.29, 1.82) is 0 Å². The van der Waals surface area contributed by atoms with Crippen LogP contribution in [-0.2, 0) is 0 Å². The molecule has 0 aliphatic rings. The van der Waals surface area contributed by atoms with Crippen molar-refractivity contribution in [3.8, 4) is 5.75 Å². The minimum absolute atomic E-state index is 0.0748. The van der Waals surface area contributed by atoms with Crippen molar-refractivity contribution >= 4 is 33.2 Å². The Labute approximate surface area is 130 Å². The lowest BCUT2D eigenvalue weighted by molar-refractivity contribution is 0.102. The van der Waals surface area contributed by atoms with E-state index >= 15 is 0 Å². The molecule has 2 aromatic rings. The predicted octanol–water partition coefficient (Wildman–Crippen LogP) is 3.74. The number of amides is 1. The summed E-state index contributed by atoms with van der Waals surface area (Å²) in [6, 6.07) is 7.75. The smallest absolute Gasteiger partial charge is 0.256 e. The summed E-state index contributed by atoms with van der Waals surface area (Å²) in [5.41, 5.74) is 7.20. The maximum Gasteiger partial charge on any atom is 0.256 e. The SMILES string of the molecule is COc1ccc(NC(=O)c2cc(N)c(F)cc2Br)cc1C. The van der Waals surface area contributed by atoms with Gasteiger partial charge in [-0.1, -0.05) is 0 Å². The number of nitrogen functional groups attached to an aromatic ring is 1. The summed E-state index contributed by atoms with van der Waals surface area (Å²) in [5, 5.41) is 2.74. The Morgan fingerprint density at radius 3 is 2.67 bits per heavy atom. The van der Waals surface area contributed by atoms with Gasteiger partial charge in [-0.3, -0.25) is 4.79 Å². The van der Waals surface area contributed by atoms with Crippen LogP contribution in [0.5, 0.6) is 5.75 Å². The third kappa shape index (κ3) is 3.33. The lowest BCUT2D eigenvalue weighted by atomic mass is 10.1. The van der Waals surface area contributed by atoms with Gasteiger partial charge >= 0.3 is 0 Å². The first-order chi connectivity index (χ1) is 9.92. The third-order valence-electron chi connectivity index (χ3n) is 2.98. The number of methoxy groups -OCH3 is 1. The van der Waals surface area contributed by atoms with Crippen LogP contribution in [0.2, 0.25) is 0 Å². The van der Waals surface area contributed by atoms with E-state index in [4.69, 9.17) is 10.5 Å². The van der Waals surface area contributed by atoms with Gasteiger partial charge in [-0.25, -0.2) is 4.39 Å². The van der Waals surface area contributed by atoms with Crippen molar-refractivity contribution in [2.24, 2.45) is 0 Å². The molecule has 0 radical (unpaired) electrons. The topological polar surface area (TPSA) is 64.3 Å². The number of rotatable bonds is 3. The molecule has 2 aromatic carbocycles. The van der Waals surface area contributed by atoms with Crippen molar-refractivity contribution in [2.75, 3.05) is 18.2 Å². The molecule has 0 spiro atoms. The zero-order valence-electron chi connectivity index (χ0n) is 11.5. The van der Waals surface area contributed by atoms with Crippen molar-refractivity contribution in [3.63, 3.8) is 0 Å². The van der Waals surface area contributed by atoms with Crippen LogP contribution >= 0.6 is 15.9 Å². The summed E-state index contributed by atoms with van der Waals surface area (Å²) >= 11 is 3.16. The molecule has 0 atom stereocenters. The van der Waals surface area contributed by atoms with E-state index in [1.165, 1.54) is 12.1 Å². The number of nitrogens with two attached hydrogens (primary N) is 1. The summed E-state index contributed by atoms with van der Waals surface area (Å²) in [7, 11) is 1.58. The average molecular weight is 353 g/mol. The van der Waals surface area contributed by atoms with E-state index in [1.54, 1.807) is 25.3 Å². The molecule has 0 fully saturated rings. The van der Waals surface area contributed by atoms with Gasteiger partial charge in [0.25, 0.3) is 5.91 Å². The van der Waals surface area contributed by atoms with Gasteiger partial charge in [-0.2, -0.15) is 0 Å². The van der Waals surface area contributed by atoms with Gasteiger partial charge in [0.1, 0.15) is 11.6 Å². The Morgan fingerprint density at radius 1 is 1.33 bits per heavy atom. The van der Waals surface area contributed by atoms with Crippen molar-refractivity contribution in [2.45, 2.75) is 6.92 Å². The fraction of sp³-hybridized carbons (Fsp3) is 0.133. The fourth-order valence-corrected chi connectivity index (χ4v) is 2.39. The van der Waals surface area contributed by atoms with Crippen LogP contribution in [0.25, 0.3) is 0 Å². The summed E-state index contributed by atoms with van der Waals surface area (Å²) < 4.78 is 18.8. The van der Waals surface area contributed by atoms with E-state index in [2.05, 4.69) is 21.2 Å². The van der Waals surface area contributed by atoms with Crippen LogP contribution < -0.4 is 15.8 Å². The number of ether oxygens (including phenoxy) is 1. The van der Waals surface area contributed by atoms with Gasteiger partial charge in [0.15, 0.2) is 0 Å². The fourth-order valence-electron chi connectivity index (χ4n) is 1.89. The second-order valence-corrected chi connectivity index (χ2v) is 5.35. The predicted molar refractivity (Wildman–Crippen MR) is 84.2 cm³/mol. The summed E-state index contributed by atoms with van der Waals surface area (Å²) in [6.07, 6.45) is 0. The van der Waals surface area contributed by atoms with Crippen LogP contribution in [-0.4, -0.2) is 13.0 Å². The Bertz CT molecular complexity index is 704. The Morgan fingerprint density at radius 2 is 2.05 bits per heavy atom. The number of carbonyl (C=O) groups excluding carboxylic acids is 1. The first-order valence-corrected chi connectivity index (χ1v) is 6.92. The molecule has 0 bridgehead atoms. The van der Waals surface area contributed by atoms with Crippen LogP contribution in [0.4, 0.5) is 15.8 Å². The molecule has 2 rings (SSSR count). The van der Waals surface area contributed by atoms with Crippen molar-refractivity contribution in [1.82, 2.24) is 0 Å². The molecular weight excluding hydrogens is 339 g/mol. The van der Waals surface area contributed by atoms with Gasteiger partial charge < -0.3 is 15.8 Å². The number of carbonyl (C=O) groups is 1. The minimum Gasteiger partial charge on any atom is -0.496 e. The normalized spacial score (nSPS) is 10.3. The van der Waals surface area contributed by atoms with E-state index in [1.807, 2.05) is 6.92 Å². The average Bonchev–Trinajstić information content (AvgIpc) is 2.43. The highest BCUT2D eigenvalue weighted by molar-refractivity contribution is 9.10. The van der Waals surface area contributed by atoms with E-state index in [0.29, 0.717) is 10.2 Å². The lowest BCUT2D eigenvalue weighted by Crippen LogP contribution is -2.13. The van der Waals surface area contributed by atoms with E-state index in [-0.39, 0.29) is 17.2 Å². The molecular formula is C15H14BrFN2O2. The Kier molecular flexibility index (Phi) is 4.47. The van der Waals surface area contributed by atoms with Gasteiger partial charge in [-0.15, -0.1) is 0 Å². The quantitative estimate of drug-likeness (QED) is 0.827. The molecule has 0 aliphatic heterocycles. The van der Waals surface area contributed by atoms with Crippen molar-refractivity contribution in [3.05, 3.63) is 51.7 Å². The summed E-state index contributed by atoms with van der Waals surface area (Å²) in [4.78, 5) is 12.2. The van der Waals surface area contributed by atoms with Crippen LogP contribution in [0, 0.1) is 12.7 Å². The first kappa shape index (κ1) is 15.3. The number of anilines is 2. The van der Waals surface area contributed by atoms with Gasteiger partial charge in [-0.05, 0) is 58.7 Å². The van der Waals surface area contributed by atoms with Crippen LogP contribution in [0.3, 0.4) is 0 Å². The molecule has 0 saturated heterocycles. The maximum absolute atomic E-state index is 13.3. The van der Waals surface area contributed by atoms with E-state index in [9.17, 15) is 9.18 Å². The molecule has 0 unspecified atom stereocenters. The van der Waals surface area contributed by atoms with Gasteiger partial charge in [0.05, 0.1) is 18.4 Å². The zero-order chi connectivity index (χ0) is 15.6. The van der Waals surface area contributed by atoms with Crippen LogP contribution in [0.15, 0.2) is 34.8 Å². The van der Waals surface area contributed by atoms with E-state index < -0.39 is 5.82 Å². The van der Waals surface area contributed by atoms with E-state index in [0.717, 1.165) is 11.3 Å². The number of halogens is 2. The molecule has 21 heavy (non-hydrogen) atoms. The second-order valence-electron chi connectivity index (χ2n) is 4.49. The lowest BCUT2D eigenvalue weighted by Gasteiger charge is -2.10. The largest absolute Gasteiger partial charge is 0.496 e. The number of nitrogens with one attached hydrogen (secondary N) is 1. The molecule has 0 saturated carbocycles. The molecule has 0 aromatic heterocycles. The Hall–Kier alpha value is -2.08. The third-order valence-corrected chi connectivity index (χ3v) is 3.64. The highest BCUT2D eigenvalue weighted by Gasteiger charge is 2.14. The highest BCUT2D eigenvalue weighted by Crippen LogP contribution is 2.25. The number of aryl methyl sites for hydroxylation is 1. The molecule has 0 heterocycles. The number of hydrogen-bond donors (Lipinski definition) is 2. The molecule has 3 N–H and O–H groups in total. The van der Waals surface area contributed by atoms with Crippen molar-refractivity contribution < 1.29 is 13.9 Å². The number of benzene rings is 2. The Balaban J connectivity index is 2.26. The standard InChI is InChI=1S/C15H14BrFN2O2/c1-8-5-9(3-4-14(8)21-2)19-15(20)10-6-13(18)12(17)7-11(10)16/h3-7H,18H2,1-2H3,(H,19,20). The van der Waals surface area contributed by atoms with Gasteiger partial charge in [0.2, 0.25) is 0 Å². The van der Waals surface area contributed by atoms with Gasteiger partial charge in [0, 0.05) is 10.2 Å². The molecule has 110 valence electrons. The van der Waals surface area contributed by atoms with Crippen LogP contribution in [0.1, 0.15) is 15.9 Å². The molecule has 1 amide bonds. The highest BCUT2D eigenvalue weighted by atomic mass is 79.9. The molecule has 4 nitrogen and oxygen atoms in total. The zero-order valence-corrected chi connectivity index (χ0v) is 13.1. The second kappa shape index (κ2) is 6.13. The maximum atomic E-state index is 13.3.